The molecular weight excluding hydrogens is 236 g/mol. The molecule has 0 aromatic heterocycles. The molecule has 3 fully saturated rings. The molecule has 19 heavy (non-hydrogen) atoms. The van der Waals surface area contributed by atoms with E-state index in [1.807, 2.05) is 0 Å². The zero-order valence-electron chi connectivity index (χ0n) is 12.3. The van der Waals surface area contributed by atoms with Crippen LogP contribution in [0, 0.1) is 5.92 Å². The lowest BCUT2D eigenvalue weighted by molar-refractivity contribution is -0.0349. The molecule has 3 heteroatoms. The second kappa shape index (κ2) is 6.11. The summed E-state index contributed by atoms with van der Waals surface area (Å²) in [5.41, 5.74) is 6.51. The number of fused-ring (bicyclic) bond motifs is 1. The van der Waals surface area contributed by atoms with Gasteiger partial charge in [-0.2, -0.15) is 0 Å². The van der Waals surface area contributed by atoms with Crippen molar-refractivity contribution in [2.75, 3.05) is 26.3 Å². The predicted octanol–water partition coefficient (Wildman–Crippen LogP) is 2.54. The largest absolute Gasteiger partial charge is 0.381 e. The van der Waals surface area contributed by atoms with E-state index in [0.29, 0.717) is 0 Å². The van der Waals surface area contributed by atoms with Crippen LogP contribution in [0.2, 0.25) is 0 Å². The van der Waals surface area contributed by atoms with Crippen molar-refractivity contribution in [3.05, 3.63) is 0 Å². The minimum atomic E-state index is 0.247. The fourth-order valence-corrected chi connectivity index (χ4v) is 4.81. The maximum absolute atomic E-state index is 6.26. The minimum Gasteiger partial charge on any atom is -0.381 e. The SMILES string of the molecule is NCC1(N2CCCC3CCCCC32)CCCOCC1. The van der Waals surface area contributed by atoms with Gasteiger partial charge in [0, 0.05) is 31.3 Å². The van der Waals surface area contributed by atoms with Gasteiger partial charge in [-0.05, 0) is 57.4 Å². The van der Waals surface area contributed by atoms with Gasteiger partial charge in [0.15, 0.2) is 0 Å². The van der Waals surface area contributed by atoms with Crippen LogP contribution in [0.25, 0.3) is 0 Å². The third-order valence-corrected chi connectivity index (χ3v) is 5.88. The molecule has 2 heterocycles. The summed E-state index contributed by atoms with van der Waals surface area (Å²) in [6, 6.07) is 0.823. The predicted molar refractivity (Wildman–Crippen MR) is 78.1 cm³/mol. The van der Waals surface area contributed by atoms with Crippen LogP contribution in [0.5, 0.6) is 0 Å². The third-order valence-electron chi connectivity index (χ3n) is 5.88. The number of nitrogens with two attached hydrogens (primary N) is 1. The number of hydrogen-bond donors (Lipinski definition) is 1. The van der Waals surface area contributed by atoms with E-state index in [1.54, 1.807) is 0 Å². The lowest BCUT2D eigenvalue weighted by Gasteiger charge is -2.53. The molecule has 1 aliphatic carbocycles. The molecule has 3 rings (SSSR count). The summed E-state index contributed by atoms with van der Waals surface area (Å²) >= 11 is 0. The molecule has 3 aliphatic rings. The molecule has 3 nitrogen and oxygen atoms in total. The summed E-state index contributed by atoms with van der Waals surface area (Å²) in [6.07, 6.45) is 12.2. The number of likely N-dealkylation sites (tertiary alicyclic amines) is 1. The molecule has 3 unspecified atom stereocenters. The van der Waals surface area contributed by atoms with Crippen LogP contribution in [0.15, 0.2) is 0 Å². The highest BCUT2D eigenvalue weighted by atomic mass is 16.5. The van der Waals surface area contributed by atoms with Crippen LogP contribution < -0.4 is 5.73 Å². The molecule has 0 aromatic carbocycles. The fourth-order valence-electron chi connectivity index (χ4n) is 4.81. The molecule has 0 bridgehead atoms. The molecule has 2 aliphatic heterocycles. The van der Waals surface area contributed by atoms with Crippen molar-refractivity contribution in [1.29, 1.82) is 0 Å². The van der Waals surface area contributed by atoms with E-state index in [4.69, 9.17) is 10.5 Å². The van der Waals surface area contributed by atoms with E-state index >= 15 is 0 Å². The Kier molecular flexibility index (Phi) is 4.45. The quantitative estimate of drug-likeness (QED) is 0.835. The highest BCUT2D eigenvalue weighted by Gasteiger charge is 2.44. The van der Waals surface area contributed by atoms with Crippen molar-refractivity contribution in [2.24, 2.45) is 11.7 Å². The topological polar surface area (TPSA) is 38.5 Å². The lowest BCUT2D eigenvalue weighted by atomic mass is 9.74. The Labute approximate surface area is 117 Å². The van der Waals surface area contributed by atoms with E-state index in [-0.39, 0.29) is 5.54 Å². The summed E-state index contributed by atoms with van der Waals surface area (Å²) in [4.78, 5) is 2.84. The first-order valence-electron chi connectivity index (χ1n) is 8.40. The van der Waals surface area contributed by atoms with E-state index in [1.165, 1.54) is 57.9 Å². The summed E-state index contributed by atoms with van der Waals surface area (Å²) < 4.78 is 5.70. The maximum Gasteiger partial charge on any atom is 0.0484 e. The van der Waals surface area contributed by atoms with Crippen molar-refractivity contribution >= 4 is 0 Å². The van der Waals surface area contributed by atoms with E-state index in [0.717, 1.165) is 38.1 Å². The molecule has 0 amide bonds. The lowest BCUT2D eigenvalue weighted by Crippen LogP contribution is -2.62. The molecule has 2 N–H and O–H groups in total. The van der Waals surface area contributed by atoms with Crippen LogP contribution in [0.3, 0.4) is 0 Å². The van der Waals surface area contributed by atoms with E-state index in [2.05, 4.69) is 4.90 Å². The van der Waals surface area contributed by atoms with Crippen LogP contribution in [0.4, 0.5) is 0 Å². The van der Waals surface area contributed by atoms with Crippen LogP contribution in [-0.4, -0.2) is 42.8 Å². The molecule has 0 aromatic rings. The van der Waals surface area contributed by atoms with Crippen molar-refractivity contribution < 1.29 is 4.74 Å². The van der Waals surface area contributed by atoms with E-state index < -0.39 is 0 Å². The van der Waals surface area contributed by atoms with Crippen molar-refractivity contribution in [2.45, 2.75) is 69.4 Å². The molecule has 3 atom stereocenters. The van der Waals surface area contributed by atoms with Crippen molar-refractivity contribution in [3.8, 4) is 0 Å². The zero-order chi connectivity index (χ0) is 13.1. The highest BCUT2D eigenvalue weighted by molar-refractivity contribution is 5.00. The van der Waals surface area contributed by atoms with Gasteiger partial charge in [0.2, 0.25) is 0 Å². The Balaban J connectivity index is 1.79. The number of rotatable bonds is 2. The zero-order valence-corrected chi connectivity index (χ0v) is 12.3. The average Bonchev–Trinajstić information content (AvgIpc) is 2.73. The second-order valence-corrected chi connectivity index (χ2v) is 6.84. The first-order valence-corrected chi connectivity index (χ1v) is 8.40. The van der Waals surface area contributed by atoms with Gasteiger partial charge in [-0.3, -0.25) is 4.90 Å². The number of hydrogen-bond acceptors (Lipinski definition) is 3. The highest BCUT2D eigenvalue weighted by Crippen LogP contribution is 2.41. The first kappa shape index (κ1) is 13.8. The Bertz CT molecular complexity index is 284. The van der Waals surface area contributed by atoms with Crippen LogP contribution in [0.1, 0.15) is 57.8 Å². The number of ether oxygens (including phenoxy) is 1. The summed E-state index contributed by atoms with van der Waals surface area (Å²) in [6.45, 7) is 3.94. The maximum atomic E-state index is 6.26. The third kappa shape index (κ3) is 2.70. The number of piperidine rings is 1. The monoisotopic (exact) mass is 266 g/mol. The van der Waals surface area contributed by atoms with Gasteiger partial charge < -0.3 is 10.5 Å². The minimum absolute atomic E-state index is 0.247. The van der Waals surface area contributed by atoms with Gasteiger partial charge in [0.05, 0.1) is 0 Å². The van der Waals surface area contributed by atoms with Gasteiger partial charge in [-0.25, -0.2) is 0 Å². The molecule has 0 radical (unpaired) electrons. The average molecular weight is 266 g/mol. The molecule has 2 saturated heterocycles. The standard InChI is InChI=1S/C16H30N2O/c17-13-16(8-4-11-19-12-9-16)18-10-3-6-14-5-1-2-7-15(14)18/h14-15H,1-13,17H2. The molecular formula is C16H30N2O. The Morgan fingerprint density at radius 2 is 1.84 bits per heavy atom. The summed E-state index contributed by atoms with van der Waals surface area (Å²) in [5.74, 6) is 0.954. The smallest absolute Gasteiger partial charge is 0.0484 e. The van der Waals surface area contributed by atoms with Gasteiger partial charge in [-0.15, -0.1) is 0 Å². The second-order valence-electron chi connectivity index (χ2n) is 6.84. The Morgan fingerprint density at radius 1 is 1.00 bits per heavy atom. The Hall–Kier alpha value is -0.120. The molecule has 0 spiro atoms. The van der Waals surface area contributed by atoms with Gasteiger partial charge in [0.1, 0.15) is 0 Å². The van der Waals surface area contributed by atoms with Crippen molar-refractivity contribution in [1.82, 2.24) is 4.90 Å². The van der Waals surface area contributed by atoms with Crippen LogP contribution >= 0.6 is 0 Å². The molecule has 110 valence electrons. The van der Waals surface area contributed by atoms with Gasteiger partial charge >= 0.3 is 0 Å². The fraction of sp³-hybridized carbons (Fsp3) is 1.00. The Morgan fingerprint density at radius 3 is 2.74 bits per heavy atom. The van der Waals surface area contributed by atoms with E-state index in [9.17, 15) is 0 Å². The molecule has 1 saturated carbocycles. The van der Waals surface area contributed by atoms with Crippen LogP contribution in [-0.2, 0) is 4.74 Å². The van der Waals surface area contributed by atoms with Crippen molar-refractivity contribution in [3.63, 3.8) is 0 Å². The van der Waals surface area contributed by atoms with Gasteiger partial charge in [0.25, 0.3) is 0 Å². The number of nitrogens with zero attached hydrogens (tertiary/aromatic N) is 1. The summed E-state index contributed by atoms with van der Waals surface area (Å²) in [5, 5.41) is 0. The normalized spacial score (nSPS) is 41.5. The first-order chi connectivity index (χ1) is 9.36. The van der Waals surface area contributed by atoms with Gasteiger partial charge in [-0.1, -0.05) is 12.8 Å². The summed E-state index contributed by atoms with van der Waals surface area (Å²) in [7, 11) is 0.